The van der Waals surface area contributed by atoms with E-state index in [1.807, 2.05) is 31.2 Å². The van der Waals surface area contributed by atoms with E-state index < -0.39 is 9.84 Å². The van der Waals surface area contributed by atoms with E-state index in [0.717, 1.165) is 17.1 Å². The van der Waals surface area contributed by atoms with Crippen molar-refractivity contribution in [1.82, 2.24) is 5.32 Å². The summed E-state index contributed by atoms with van der Waals surface area (Å²) in [7, 11) is -3.12. The van der Waals surface area contributed by atoms with E-state index >= 15 is 0 Å². The Morgan fingerprint density at radius 2 is 1.74 bits per heavy atom. The van der Waals surface area contributed by atoms with Gasteiger partial charge in [-0.15, -0.1) is 0 Å². The molecule has 0 bridgehead atoms. The van der Waals surface area contributed by atoms with Gasteiger partial charge in [0.2, 0.25) is 0 Å². The molecule has 2 rings (SSSR count). The molecule has 0 aliphatic heterocycles. The van der Waals surface area contributed by atoms with Gasteiger partial charge in [-0.2, -0.15) is 0 Å². The summed E-state index contributed by atoms with van der Waals surface area (Å²) in [4.78, 5) is 0.345. The number of aryl methyl sites for hydroxylation is 1. The lowest BCUT2D eigenvalue weighted by atomic mass is 10.2. The minimum absolute atomic E-state index is 0.345. The normalized spacial score (nSPS) is 11.7. The Labute approximate surface area is 113 Å². The van der Waals surface area contributed by atoms with Crippen molar-refractivity contribution in [3.05, 3.63) is 53.5 Å². The van der Waals surface area contributed by atoms with E-state index in [4.69, 9.17) is 4.42 Å². The number of furan rings is 1. The molecule has 2 aromatic rings. The van der Waals surface area contributed by atoms with Gasteiger partial charge in [-0.25, -0.2) is 8.42 Å². The Bertz CT molecular complexity index is 642. The summed E-state index contributed by atoms with van der Waals surface area (Å²) in [5.74, 6) is 1.79. The van der Waals surface area contributed by atoms with Crippen molar-refractivity contribution in [2.45, 2.75) is 24.9 Å². The zero-order valence-electron chi connectivity index (χ0n) is 11.0. The van der Waals surface area contributed by atoms with Crippen LogP contribution in [-0.2, 0) is 22.9 Å². The minimum Gasteiger partial charge on any atom is -0.465 e. The van der Waals surface area contributed by atoms with Crippen LogP contribution in [0.25, 0.3) is 0 Å². The first-order chi connectivity index (χ1) is 8.95. The molecular formula is C14H17NO3S. The van der Waals surface area contributed by atoms with Crippen molar-refractivity contribution in [2.24, 2.45) is 0 Å². The fourth-order valence-corrected chi connectivity index (χ4v) is 2.40. The van der Waals surface area contributed by atoms with Crippen LogP contribution in [0.3, 0.4) is 0 Å². The monoisotopic (exact) mass is 279 g/mol. The van der Waals surface area contributed by atoms with Crippen molar-refractivity contribution in [3.63, 3.8) is 0 Å². The Balaban J connectivity index is 1.90. The highest BCUT2D eigenvalue weighted by molar-refractivity contribution is 7.90. The van der Waals surface area contributed by atoms with Gasteiger partial charge < -0.3 is 9.73 Å². The van der Waals surface area contributed by atoms with Gasteiger partial charge in [0.1, 0.15) is 11.5 Å². The molecule has 0 saturated carbocycles. The summed E-state index contributed by atoms with van der Waals surface area (Å²) in [6.07, 6.45) is 1.21. The predicted octanol–water partition coefficient (Wildman–Crippen LogP) is 2.28. The zero-order valence-corrected chi connectivity index (χ0v) is 11.8. The third-order valence-corrected chi connectivity index (χ3v) is 3.90. The molecule has 0 atom stereocenters. The molecule has 0 amide bonds. The molecule has 5 heteroatoms. The maximum atomic E-state index is 11.3. The van der Waals surface area contributed by atoms with Gasteiger partial charge in [0.15, 0.2) is 9.84 Å². The van der Waals surface area contributed by atoms with Crippen LogP contribution in [-0.4, -0.2) is 14.7 Å². The number of sulfone groups is 1. The summed E-state index contributed by atoms with van der Waals surface area (Å²) in [5, 5.41) is 3.25. The Kier molecular flexibility index (Phi) is 4.07. The summed E-state index contributed by atoms with van der Waals surface area (Å²) >= 11 is 0. The molecule has 0 aliphatic rings. The first-order valence-corrected chi connectivity index (χ1v) is 7.89. The molecule has 1 aromatic carbocycles. The van der Waals surface area contributed by atoms with Crippen LogP contribution in [0.15, 0.2) is 45.7 Å². The average molecular weight is 279 g/mol. The Hall–Kier alpha value is -1.59. The maximum Gasteiger partial charge on any atom is 0.175 e. The molecule has 0 radical (unpaired) electrons. The largest absolute Gasteiger partial charge is 0.465 e. The topological polar surface area (TPSA) is 59.3 Å². The van der Waals surface area contributed by atoms with Gasteiger partial charge >= 0.3 is 0 Å². The SMILES string of the molecule is Cc1ccc(CNCc2ccc(S(C)(=O)=O)cc2)o1. The van der Waals surface area contributed by atoms with Crippen LogP contribution in [0.2, 0.25) is 0 Å². The van der Waals surface area contributed by atoms with Crippen LogP contribution in [0.4, 0.5) is 0 Å². The van der Waals surface area contributed by atoms with Gasteiger partial charge in [-0.1, -0.05) is 12.1 Å². The molecule has 102 valence electrons. The number of nitrogens with one attached hydrogen (secondary N) is 1. The Morgan fingerprint density at radius 1 is 1.05 bits per heavy atom. The Morgan fingerprint density at radius 3 is 2.26 bits per heavy atom. The van der Waals surface area contributed by atoms with E-state index in [1.165, 1.54) is 6.26 Å². The highest BCUT2D eigenvalue weighted by Gasteiger charge is 2.06. The van der Waals surface area contributed by atoms with Crippen molar-refractivity contribution in [2.75, 3.05) is 6.26 Å². The number of hydrogen-bond acceptors (Lipinski definition) is 4. The highest BCUT2D eigenvalue weighted by atomic mass is 32.2. The third-order valence-electron chi connectivity index (χ3n) is 2.78. The van der Waals surface area contributed by atoms with Gasteiger partial charge in [-0.3, -0.25) is 0 Å². The molecular weight excluding hydrogens is 262 g/mol. The third kappa shape index (κ3) is 3.94. The van der Waals surface area contributed by atoms with Crippen molar-refractivity contribution < 1.29 is 12.8 Å². The fraction of sp³-hybridized carbons (Fsp3) is 0.286. The smallest absolute Gasteiger partial charge is 0.175 e. The van der Waals surface area contributed by atoms with E-state index in [2.05, 4.69) is 5.32 Å². The molecule has 19 heavy (non-hydrogen) atoms. The van der Waals surface area contributed by atoms with E-state index in [9.17, 15) is 8.42 Å². The van der Waals surface area contributed by atoms with Crippen LogP contribution in [0, 0.1) is 6.92 Å². The molecule has 0 fully saturated rings. The van der Waals surface area contributed by atoms with Crippen molar-refractivity contribution in [3.8, 4) is 0 Å². The lowest BCUT2D eigenvalue weighted by Gasteiger charge is -2.04. The fourth-order valence-electron chi connectivity index (χ4n) is 1.76. The molecule has 1 heterocycles. The number of rotatable bonds is 5. The standard InChI is InChI=1S/C14H17NO3S/c1-11-3-6-13(18-11)10-15-9-12-4-7-14(8-5-12)19(2,16)17/h3-8,15H,9-10H2,1-2H3. The lowest BCUT2D eigenvalue weighted by Crippen LogP contribution is -2.12. The van der Waals surface area contributed by atoms with E-state index in [1.54, 1.807) is 12.1 Å². The van der Waals surface area contributed by atoms with Crippen LogP contribution in [0.1, 0.15) is 17.1 Å². The predicted molar refractivity (Wildman–Crippen MR) is 73.5 cm³/mol. The molecule has 4 nitrogen and oxygen atoms in total. The van der Waals surface area contributed by atoms with Crippen LogP contribution < -0.4 is 5.32 Å². The van der Waals surface area contributed by atoms with Crippen LogP contribution in [0.5, 0.6) is 0 Å². The summed E-state index contributed by atoms with van der Waals surface area (Å²) in [5.41, 5.74) is 1.04. The number of hydrogen-bond donors (Lipinski definition) is 1. The van der Waals surface area contributed by atoms with Crippen LogP contribution >= 0.6 is 0 Å². The average Bonchev–Trinajstić information content (AvgIpc) is 2.75. The number of benzene rings is 1. The first-order valence-electron chi connectivity index (χ1n) is 6.00. The summed E-state index contributed by atoms with van der Waals surface area (Å²) in [6, 6.07) is 10.8. The summed E-state index contributed by atoms with van der Waals surface area (Å²) < 4.78 is 28.1. The second-order valence-electron chi connectivity index (χ2n) is 4.53. The first kappa shape index (κ1) is 13.8. The molecule has 0 saturated heterocycles. The molecule has 0 unspecified atom stereocenters. The van der Waals surface area contributed by atoms with E-state index in [-0.39, 0.29) is 0 Å². The molecule has 0 aliphatic carbocycles. The lowest BCUT2D eigenvalue weighted by molar-refractivity contribution is 0.461. The zero-order chi connectivity index (χ0) is 13.9. The second kappa shape index (κ2) is 5.59. The van der Waals surface area contributed by atoms with Crippen molar-refractivity contribution in [1.29, 1.82) is 0 Å². The van der Waals surface area contributed by atoms with Gasteiger partial charge in [0.05, 0.1) is 11.4 Å². The quantitative estimate of drug-likeness (QED) is 0.912. The molecule has 1 aromatic heterocycles. The molecule has 0 spiro atoms. The highest BCUT2D eigenvalue weighted by Crippen LogP contribution is 2.11. The summed E-state index contributed by atoms with van der Waals surface area (Å²) in [6.45, 7) is 3.23. The van der Waals surface area contributed by atoms with Gasteiger partial charge in [0, 0.05) is 12.8 Å². The van der Waals surface area contributed by atoms with Crippen molar-refractivity contribution >= 4 is 9.84 Å². The van der Waals surface area contributed by atoms with Gasteiger partial charge in [-0.05, 0) is 36.8 Å². The van der Waals surface area contributed by atoms with Gasteiger partial charge in [0.25, 0.3) is 0 Å². The minimum atomic E-state index is -3.12. The second-order valence-corrected chi connectivity index (χ2v) is 6.55. The molecule has 1 N–H and O–H groups in total. The van der Waals surface area contributed by atoms with E-state index in [0.29, 0.717) is 18.0 Å². The maximum absolute atomic E-state index is 11.3.